The highest BCUT2D eigenvalue weighted by Gasteiger charge is 2.20. The molecule has 1 aromatic rings. The van der Waals surface area contributed by atoms with Crippen LogP contribution in [0.15, 0.2) is 18.2 Å². The first-order valence-corrected chi connectivity index (χ1v) is 6.63. The van der Waals surface area contributed by atoms with Gasteiger partial charge in [0.15, 0.2) is 0 Å². The third-order valence-corrected chi connectivity index (χ3v) is 3.33. The third-order valence-electron chi connectivity index (χ3n) is 3.33. The summed E-state index contributed by atoms with van der Waals surface area (Å²) in [6.07, 6.45) is 2.46. The van der Waals surface area contributed by atoms with Gasteiger partial charge in [0.05, 0.1) is 11.4 Å². The number of amides is 1. The van der Waals surface area contributed by atoms with E-state index in [0.29, 0.717) is 13.0 Å². The Kier molecular flexibility index (Phi) is 4.20. The topological polar surface area (TPSA) is 58.4 Å². The van der Waals surface area contributed by atoms with E-state index < -0.39 is 0 Å². The highest BCUT2D eigenvalue weighted by atomic mass is 16.1. The van der Waals surface area contributed by atoms with Gasteiger partial charge in [-0.25, -0.2) is 0 Å². The summed E-state index contributed by atoms with van der Waals surface area (Å²) in [6.45, 7) is 4.51. The number of nitrogens with two attached hydrogens (primary N) is 1. The number of aryl methyl sites for hydroxylation is 1. The molecule has 4 nitrogen and oxygen atoms in total. The van der Waals surface area contributed by atoms with Crippen LogP contribution in [0.1, 0.15) is 25.3 Å². The second kappa shape index (κ2) is 5.87. The average Bonchev–Trinajstić information content (AvgIpc) is 2.54. The summed E-state index contributed by atoms with van der Waals surface area (Å²) in [4.78, 5) is 14.0. The molecule has 0 radical (unpaired) electrons. The van der Waals surface area contributed by atoms with Crippen molar-refractivity contribution in [1.82, 2.24) is 0 Å². The normalized spacial score (nSPS) is 15.0. The van der Waals surface area contributed by atoms with Gasteiger partial charge in [0.25, 0.3) is 0 Å². The summed E-state index contributed by atoms with van der Waals surface area (Å²) in [6, 6.07) is 6.11. The van der Waals surface area contributed by atoms with Crippen molar-refractivity contribution in [2.45, 2.75) is 26.2 Å². The molecule has 18 heavy (non-hydrogen) atoms. The number of hydrogen-bond donors (Lipinski definition) is 2. The predicted molar refractivity (Wildman–Crippen MR) is 75.0 cm³/mol. The molecule has 0 aliphatic carbocycles. The average molecular weight is 247 g/mol. The summed E-state index contributed by atoms with van der Waals surface area (Å²) < 4.78 is 0. The number of fused-ring (bicyclic) bond motifs is 1. The Balaban J connectivity index is 2.37. The van der Waals surface area contributed by atoms with Crippen LogP contribution in [-0.4, -0.2) is 25.5 Å². The van der Waals surface area contributed by atoms with E-state index in [9.17, 15) is 4.79 Å². The number of carbonyl (C=O) groups excluding carboxylic acids is 1. The number of benzene rings is 1. The molecule has 98 valence electrons. The molecular weight excluding hydrogens is 226 g/mol. The van der Waals surface area contributed by atoms with E-state index >= 15 is 0 Å². The first-order valence-electron chi connectivity index (χ1n) is 6.63. The van der Waals surface area contributed by atoms with Crippen molar-refractivity contribution in [2.24, 2.45) is 5.73 Å². The molecule has 0 atom stereocenters. The van der Waals surface area contributed by atoms with Gasteiger partial charge in [0, 0.05) is 19.5 Å². The molecule has 0 spiro atoms. The molecule has 1 amide bonds. The number of anilines is 2. The van der Waals surface area contributed by atoms with Crippen LogP contribution in [0.2, 0.25) is 0 Å². The van der Waals surface area contributed by atoms with Gasteiger partial charge in [-0.15, -0.1) is 0 Å². The zero-order valence-corrected chi connectivity index (χ0v) is 10.9. The van der Waals surface area contributed by atoms with Crippen LogP contribution in [0.3, 0.4) is 0 Å². The van der Waals surface area contributed by atoms with E-state index in [2.05, 4.69) is 23.2 Å². The number of para-hydroxylation sites is 1. The van der Waals surface area contributed by atoms with E-state index in [-0.39, 0.29) is 5.91 Å². The van der Waals surface area contributed by atoms with Gasteiger partial charge in [0.1, 0.15) is 0 Å². The molecule has 1 aliphatic heterocycles. The van der Waals surface area contributed by atoms with Crippen molar-refractivity contribution in [2.75, 3.05) is 29.9 Å². The maximum absolute atomic E-state index is 11.7. The van der Waals surface area contributed by atoms with E-state index in [1.54, 1.807) is 0 Å². The number of nitrogens with zero attached hydrogens (tertiary/aromatic N) is 1. The molecule has 0 saturated carbocycles. The van der Waals surface area contributed by atoms with Gasteiger partial charge < -0.3 is 16.0 Å². The minimum atomic E-state index is 0.0970. The first-order chi connectivity index (χ1) is 8.76. The molecule has 3 N–H and O–H groups in total. The fourth-order valence-corrected chi connectivity index (χ4v) is 2.42. The second-order valence-electron chi connectivity index (χ2n) is 4.59. The monoisotopic (exact) mass is 247 g/mol. The largest absolute Gasteiger partial charge is 0.369 e. The highest BCUT2D eigenvalue weighted by molar-refractivity contribution is 5.96. The summed E-state index contributed by atoms with van der Waals surface area (Å²) >= 11 is 0. The summed E-state index contributed by atoms with van der Waals surface area (Å²) in [7, 11) is 0. The van der Waals surface area contributed by atoms with Crippen molar-refractivity contribution in [3.05, 3.63) is 23.8 Å². The Morgan fingerprint density at radius 3 is 3.00 bits per heavy atom. The van der Waals surface area contributed by atoms with Crippen molar-refractivity contribution in [3.63, 3.8) is 0 Å². The van der Waals surface area contributed by atoms with Crippen molar-refractivity contribution < 1.29 is 4.79 Å². The standard InChI is InChI=1S/C14H21N3O/c1-2-11-5-3-6-12-14(11)17(9-4-8-15)10-7-13(18)16-12/h3,5-6H,2,4,7-10,15H2,1H3,(H,16,18). The van der Waals surface area contributed by atoms with E-state index in [1.807, 2.05) is 12.1 Å². The molecule has 1 aromatic carbocycles. The van der Waals surface area contributed by atoms with E-state index in [0.717, 1.165) is 31.6 Å². The zero-order chi connectivity index (χ0) is 13.0. The lowest BCUT2D eigenvalue weighted by atomic mass is 10.1. The molecule has 0 unspecified atom stereocenters. The molecule has 0 fully saturated rings. The molecular formula is C14H21N3O. The van der Waals surface area contributed by atoms with Crippen LogP contribution in [0.25, 0.3) is 0 Å². The van der Waals surface area contributed by atoms with Crippen molar-refractivity contribution >= 4 is 17.3 Å². The number of nitrogens with one attached hydrogen (secondary N) is 1. The van der Waals surface area contributed by atoms with Crippen LogP contribution >= 0.6 is 0 Å². The van der Waals surface area contributed by atoms with Gasteiger partial charge in [-0.3, -0.25) is 4.79 Å². The molecule has 2 rings (SSSR count). The predicted octanol–water partition coefficient (Wildman–Crippen LogP) is 1.75. The lowest BCUT2D eigenvalue weighted by Gasteiger charge is -2.26. The maximum Gasteiger partial charge on any atom is 0.226 e. The summed E-state index contributed by atoms with van der Waals surface area (Å²) in [5.74, 6) is 0.0970. The number of hydrogen-bond acceptors (Lipinski definition) is 3. The second-order valence-corrected chi connectivity index (χ2v) is 4.59. The quantitative estimate of drug-likeness (QED) is 0.852. The Morgan fingerprint density at radius 1 is 1.44 bits per heavy atom. The Morgan fingerprint density at radius 2 is 2.28 bits per heavy atom. The fourth-order valence-electron chi connectivity index (χ4n) is 2.42. The van der Waals surface area contributed by atoms with Crippen LogP contribution in [0.5, 0.6) is 0 Å². The van der Waals surface area contributed by atoms with Gasteiger partial charge in [-0.2, -0.15) is 0 Å². The van der Waals surface area contributed by atoms with Crippen LogP contribution in [-0.2, 0) is 11.2 Å². The highest BCUT2D eigenvalue weighted by Crippen LogP contribution is 2.32. The summed E-state index contributed by atoms with van der Waals surface area (Å²) in [5.41, 5.74) is 9.00. The molecule has 0 bridgehead atoms. The van der Waals surface area contributed by atoms with Crippen molar-refractivity contribution in [3.8, 4) is 0 Å². The van der Waals surface area contributed by atoms with Gasteiger partial charge >= 0.3 is 0 Å². The minimum Gasteiger partial charge on any atom is -0.369 e. The SMILES string of the molecule is CCc1cccc2c1N(CCCN)CCC(=O)N2. The number of rotatable bonds is 4. The fraction of sp³-hybridized carbons (Fsp3) is 0.500. The molecule has 0 saturated heterocycles. The molecule has 1 heterocycles. The first kappa shape index (κ1) is 12.9. The van der Waals surface area contributed by atoms with Gasteiger partial charge in [-0.05, 0) is 31.0 Å². The Hall–Kier alpha value is -1.55. The third kappa shape index (κ3) is 2.64. The minimum absolute atomic E-state index is 0.0970. The van der Waals surface area contributed by atoms with Crippen molar-refractivity contribution in [1.29, 1.82) is 0 Å². The molecule has 4 heteroatoms. The lowest BCUT2D eigenvalue weighted by molar-refractivity contribution is -0.115. The Bertz CT molecular complexity index is 431. The summed E-state index contributed by atoms with van der Waals surface area (Å²) in [5, 5.41) is 2.99. The molecule has 0 aromatic heterocycles. The lowest BCUT2D eigenvalue weighted by Crippen LogP contribution is -2.28. The van der Waals surface area contributed by atoms with Crippen LogP contribution in [0, 0.1) is 0 Å². The Labute approximate surface area is 108 Å². The molecule has 1 aliphatic rings. The van der Waals surface area contributed by atoms with E-state index in [4.69, 9.17) is 5.73 Å². The van der Waals surface area contributed by atoms with Crippen LogP contribution in [0.4, 0.5) is 11.4 Å². The number of carbonyl (C=O) groups is 1. The van der Waals surface area contributed by atoms with E-state index in [1.165, 1.54) is 11.3 Å². The smallest absolute Gasteiger partial charge is 0.226 e. The maximum atomic E-state index is 11.7. The van der Waals surface area contributed by atoms with Gasteiger partial charge in [-0.1, -0.05) is 19.1 Å². The van der Waals surface area contributed by atoms with Gasteiger partial charge in [0.2, 0.25) is 5.91 Å². The van der Waals surface area contributed by atoms with Crippen LogP contribution < -0.4 is 16.0 Å². The zero-order valence-electron chi connectivity index (χ0n) is 10.9.